The lowest BCUT2D eigenvalue weighted by molar-refractivity contribution is -0.119. The summed E-state index contributed by atoms with van der Waals surface area (Å²) < 4.78 is 20.2. The van der Waals surface area contributed by atoms with Crippen molar-refractivity contribution < 1.29 is 18.7 Å². The lowest BCUT2D eigenvalue weighted by Crippen LogP contribution is -2.38. The largest absolute Gasteiger partial charge is 0.442 e. The Hall–Kier alpha value is -4.13. The van der Waals surface area contributed by atoms with Crippen LogP contribution < -0.4 is 15.2 Å². The van der Waals surface area contributed by atoms with Gasteiger partial charge in [-0.3, -0.25) is 9.69 Å². The normalized spacial score (nSPS) is 17.7. The first-order valence-electron chi connectivity index (χ1n) is 10.4. The van der Waals surface area contributed by atoms with E-state index in [2.05, 4.69) is 21.3 Å². The molecule has 0 radical (unpaired) electrons. The maximum absolute atomic E-state index is 14.9. The van der Waals surface area contributed by atoms with Crippen molar-refractivity contribution in [3.63, 3.8) is 0 Å². The number of ether oxygens (including phenoxy) is 1. The van der Waals surface area contributed by atoms with Gasteiger partial charge < -0.3 is 15.0 Å². The van der Waals surface area contributed by atoms with E-state index < -0.39 is 18.0 Å². The summed E-state index contributed by atoms with van der Waals surface area (Å²) in [5.41, 5.74) is 1.35. The molecule has 1 atom stereocenters. The lowest BCUT2D eigenvalue weighted by Gasteiger charge is -2.27. The topological polar surface area (TPSA) is 90.4 Å². The van der Waals surface area contributed by atoms with Crippen LogP contribution in [0.15, 0.2) is 41.6 Å². The minimum absolute atomic E-state index is 0.208. The summed E-state index contributed by atoms with van der Waals surface area (Å²) >= 11 is 0. The summed E-state index contributed by atoms with van der Waals surface area (Å²) in [6, 6.07) is 8.11. The molecule has 2 aromatic rings. The minimum Gasteiger partial charge on any atom is -0.442 e. The molecule has 1 aromatic heterocycles. The molecule has 1 N–H and O–H groups in total. The second kappa shape index (κ2) is 9.56. The smallest absolute Gasteiger partial charge is 0.414 e. The number of hydrogen-bond acceptors (Lipinski definition) is 7. The van der Waals surface area contributed by atoms with Gasteiger partial charge in [0.15, 0.2) is 0 Å². The minimum atomic E-state index is -0.577. The molecular formula is C23H23FN6O3. The van der Waals surface area contributed by atoms with E-state index >= 15 is 0 Å². The molecule has 2 amide bonds. The Morgan fingerprint density at radius 1 is 1.33 bits per heavy atom. The Morgan fingerprint density at radius 2 is 2.18 bits per heavy atom. The van der Waals surface area contributed by atoms with E-state index in [4.69, 9.17) is 11.2 Å². The number of carbonyl (C=O) groups is 2. The molecule has 0 spiro atoms. The summed E-state index contributed by atoms with van der Waals surface area (Å²) in [6.07, 6.45) is 7.52. The fraction of sp³-hybridized carbons (Fsp3) is 0.304. The summed E-state index contributed by atoms with van der Waals surface area (Å²) in [4.78, 5) is 30.9. The van der Waals surface area contributed by atoms with Crippen molar-refractivity contribution in [3.05, 3.63) is 42.3 Å². The maximum atomic E-state index is 14.9. The number of rotatable bonds is 6. The van der Waals surface area contributed by atoms with Crippen molar-refractivity contribution in [1.82, 2.24) is 15.2 Å². The van der Waals surface area contributed by atoms with Crippen LogP contribution in [-0.4, -0.2) is 67.1 Å². The number of aromatic nitrogens is 1. The van der Waals surface area contributed by atoms with Gasteiger partial charge in [-0.25, -0.2) is 19.2 Å². The molecule has 33 heavy (non-hydrogen) atoms. The number of terminal acetylenes is 1. The molecule has 4 rings (SSSR count). The highest BCUT2D eigenvalue weighted by atomic mass is 19.1. The number of hydrogen-bond donors (Lipinski definition) is 1. The number of anilines is 2. The van der Waals surface area contributed by atoms with Gasteiger partial charge in [0.05, 0.1) is 31.9 Å². The maximum Gasteiger partial charge on any atom is 0.414 e. The molecular weight excluding hydrogens is 427 g/mol. The number of benzene rings is 1. The van der Waals surface area contributed by atoms with Crippen molar-refractivity contribution in [3.8, 4) is 23.5 Å². The molecule has 0 aliphatic carbocycles. The first-order chi connectivity index (χ1) is 15.9. The van der Waals surface area contributed by atoms with Gasteiger partial charge in [0, 0.05) is 30.8 Å². The molecule has 0 bridgehead atoms. The van der Waals surface area contributed by atoms with Gasteiger partial charge in [0.1, 0.15) is 24.1 Å². The highest BCUT2D eigenvalue weighted by Crippen LogP contribution is 2.29. The second-order valence-corrected chi connectivity index (χ2v) is 7.65. The number of nitrogens with zero attached hydrogens (tertiary/aromatic N) is 5. The van der Waals surface area contributed by atoms with Gasteiger partial charge in [-0.05, 0) is 30.3 Å². The Morgan fingerprint density at radius 3 is 2.82 bits per heavy atom. The van der Waals surface area contributed by atoms with Crippen LogP contribution in [0.5, 0.6) is 0 Å². The van der Waals surface area contributed by atoms with Crippen molar-refractivity contribution in [2.75, 3.05) is 42.6 Å². The first kappa shape index (κ1) is 22.1. The van der Waals surface area contributed by atoms with Crippen LogP contribution in [0.2, 0.25) is 0 Å². The molecule has 170 valence electrons. The molecule has 3 heterocycles. The molecule has 2 aliphatic rings. The SMILES string of the molecule is C#CCN1C=NN(c2ccc(-c3ccc(N4C[C@H](CNC(C)=O)OC4=O)cc3F)cn2)CC1. The Balaban J connectivity index is 1.44. The number of nitrogens with one attached hydrogen (secondary N) is 1. The van der Waals surface area contributed by atoms with E-state index in [9.17, 15) is 14.0 Å². The Bertz CT molecular complexity index is 1110. The molecule has 1 aromatic carbocycles. The number of carbonyl (C=O) groups excluding carboxylic acids is 2. The number of hydrazone groups is 1. The summed E-state index contributed by atoms with van der Waals surface area (Å²) in [6.45, 7) is 3.70. The van der Waals surface area contributed by atoms with Crippen LogP contribution in [0.4, 0.5) is 20.7 Å². The number of cyclic esters (lactones) is 1. The Labute approximate surface area is 190 Å². The van der Waals surface area contributed by atoms with Gasteiger partial charge in [0.25, 0.3) is 0 Å². The van der Waals surface area contributed by atoms with Gasteiger partial charge >= 0.3 is 6.09 Å². The zero-order chi connectivity index (χ0) is 23.4. The molecule has 0 saturated carbocycles. The predicted molar refractivity (Wildman–Crippen MR) is 122 cm³/mol. The summed E-state index contributed by atoms with van der Waals surface area (Å²) in [5.74, 6) is 2.53. The molecule has 1 saturated heterocycles. The average molecular weight is 450 g/mol. The molecule has 1 fully saturated rings. The van der Waals surface area contributed by atoms with E-state index in [1.165, 1.54) is 17.9 Å². The van der Waals surface area contributed by atoms with E-state index in [0.717, 1.165) is 6.54 Å². The van der Waals surface area contributed by atoms with Crippen molar-refractivity contribution >= 4 is 29.8 Å². The van der Waals surface area contributed by atoms with Crippen LogP contribution in [-0.2, 0) is 9.53 Å². The quantitative estimate of drug-likeness (QED) is 0.678. The average Bonchev–Trinajstić information content (AvgIpc) is 3.19. The van der Waals surface area contributed by atoms with Gasteiger partial charge in [0.2, 0.25) is 5.91 Å². The third kappa shape index (κ3) is 5.03. The molecule has 0 unspecified atom stereocenters. The Kier molecular flexibility index (Phi) is 6.40. The molecule has 9 nitrogen and oxygen atoms in total. The van der Waals surface area contributed by atoms with Crippen LogP contribution in [0, 0.1) is 18.2 Å². The highest BCUT2D eigenvalue weighted by Gasteiger charge is 2.32. The summed E-state index contributed by atoms with van der Waals surface area (Å²) in [7, 11) is 0. The number of pyridine rings is 1. The van der Waals surface area contributed by atoms with Crippen LogP contribution >= 0.6 is 0 Å². The standard InChI is InChI=1S/C23H23FN6O3/c1-3-8-28-9-10-30(27-15-28)22-7-4-17(12-26-22)20-6-5-18(11-21(20)24)29-14-19(33-23(29)32)13-25-16(2)31/h1,4-7,11-12,15,19H,8-10,13-14H2,2H3,(H,25,31)/t19-/m0/s1. The van der Waals surface area contributed by atoms with Crippen molar-refractivity contribution in [1.29, 1.82) is 0 Å². The predicted octanol–water partition coefficient (Wildman–Crippen LogP) is 2.05. The lowest BCUT2D eigenvalue weighted by atomic mass is 10.1. The van der Waals surface area contributed by atoms with Crippen LogP contribution in [0.1, 0.15) is 6.92 Å². The van der Waals surface area contributed by atoms with E-state index in [0.29, 0.717) is 35.7 Å². The third-order valence-corrected chi connectivity index (χ3v) is 5.29. The fourth-order valence-corrected chi connectivity index (χ4v) is 3.59. The van der Waals surface area contributed by atoms with E-state index in [1.54, 1.807) is 41.8 Å². The van der Waals surface area contributed by atoms with Gasteiger partial charge in [-0.1, -0.05) is 5.92 Å². The number of halogens is 1. The fourth-order valence-electron chi connectivity index (χ4n) is 3.59. The van der Waals surface area contributed by atoms with Crippen LogP contribution in [0.3, 0.4) is 0 Å². The monoisotopic (exact) mass is 450 g/mol. The zero-order valence-corrected chi connectivity index (χ0v) is 18.1. The summed E-state index contributed by atoms with van der Waals surface area (Å²) in [5, 5.41) is 8.71. The highest BCUT2D eigenvalue weighted by molar-refractivity contribution is 5.90. The third-order valence-electron chi connectivity index (χ3n) is 5.29. The molecule has 2 aliphatic heterocycles. The molecule has 10 heteroatoms. The second-order valence-electron chi connectivity index (χ2n) is 7.65. The number of amides is 2. The van der Waals surface area contributed by atoms with Gasteiger partial charge in [-0.2, -0.15) is 5.10 Å². The zero-order valence-electron chi connectivity index (χ0n) is 18.1. The van der Waals surface area contributed by atoms with Gasteiger partial charge in [-0.15, -0.1) is 6.42 Å². The van der Waals surface area contributed by atoms with Crippen molar-refractivity contribution in [2.24, 2.45) is 5.10 Å². The van der Waals surface area contributed by atoms with Crippen LogP contribution in [0.25, 0.3) is 11.1 Å². The van der Waals surface area contributed by atoms with E-state index in [-0.39, 0.29) is 19.0 Å². The van der Waals surface area contributed by atoms with E-state index in [1.807, 2.05) is 4.90 Å². The first-order valence-corrected chi connectivity index (χ1v) is 10.4. The van der Waals surface area contributed by atoms with Crippen molar-refractivity contribution in [2.45, 2.75) is 13.0 Å².